The smallest absolute Gasteiger partial charge is 0.163 e. The topological polar surface area (TPSA) is 47.5 Å². The van der Waals surface area contributed by atoms with Gasteiger partial charge in [0.25, 0.3) is 0 Å². The molecule has 1 aromatic carbocycles. The van der Waals surface area contributed by atoms with Crippen LogP contribution in [0.15, 0.2) is 18.5 Å². The molecule has 2 heterocycles. The van der Waals surface area contributed by atoms with Crippen LogP contribution in [-0.2, 0) is 0 Å². The molecular weight excluding hydrogens is 326 g/mol. The van der Waals surface area contributed by atoms with E-state index in [1.165, 1.54) is 32.3 Å². The van der Waals surface area contributed by atoms with Gasteiger partial charge in [-0.3, -0.25) is 0 Å². The van der Waals surface area contributed by atoms with Gasteiger partial charge in [-0.1, -0.05) is 18.5 Å². The van der Waals surface area contributed by atoms with E-state index in [9.17, 15) is 0 Å². The average molecular weight is 350 g/mol. The van der Waals surface area contributed by atoms with E-state index < -0.39 is 0 Å². The molecule has 130 valence electrons. The Balaban J connectivity index is 1.58. The standard InChI is InChI=1S/C18H24ClN3O2/c1-13-4-7-22(8-5-13)6-3-9-24-17-11-15-14(10-16(17)23-2)18(19)21-12-20-15/h10-13H,3-9H2,1-2H3. The van der Waals surface area contributed by atoms with Gasteiger partial charge in [0.05, 0.1) is 19.2 Å². The first kappa shape index (κ1) is 17.2. The average Bonchev–Trinajstić information content (AvgIpc) is 2.60. The van der Waals surface area contributed by atoms with Crippen molar-refractivity contribution in [3.8, 4) is 11.5 Å². The Morgan fingerprint density at radius 1 is 1.21 bits per heavy atom. The summed E-state index contributed by atoms with van der Waals surface area (Å²) in [6.45, 7) is 6.48. The molecule has 1 aliphatic rings. The predicted octanol–water partition coefficient (Wildman–Crippen LogP) is 3.79. The highest BCUT2D eigenvalue weighted by atomic mass is 35.5. The number of nitrogens with zero attached hydrogens (tertiary/aromatic N) is 3. The molecule has 0 unspecified atom stereocenters. The van der Waals surface area contributed by atoms with Crippen molar-refractivity contribution in [2.75, 3.05) is 33.4 Å². The zero-order valence-corrected chi connectivity index (χ0v) is 15.1. The van der Waals surface area contributed by atoms with E-state index in [2.05, 4.69) is 21.8 Å². The van der Waals surface area contributed by atoms with Crippen molar-refractivity contribution >= 4 is 22.5 Å². The quantitative estimate of drug-likeness (QED) is 0.586. The van der Waals surface area contributed by atoms with Crippen LogP contribution in [-0.4, -0.2) is 48.2 Å². The summed E-state index contributed by atoms with van der Waals surface area (Å²) in [5, 5.41) is 1.19. The minimum atomic E-state index is 0.421. The molecule has 0 atom stereocenters. The van der Waals surface area contributed by atoms with Gasteiger partial charge in [0.15, 0.2) is 11.5 Å². The fraction of sp³-hybridized carbons (Fsp3) is 0.556. The van der Waals surface area contributed by atoms with Crippen molar-refractivity contribution in [1.82, 2.24) is 14.9 Å². The Kier molecular flexibility index (Phi) is 5.74. The van der Waals surface area contributed by atoms with E-state index in [0.29, 0.717) is 23.3 Å². The zero-order chi connectivity index (χ0) is 16.9. The van der Waals surface area contributed by atoms with Crippen LogP contribution >= 0.6 is 11.6 Å². The number of halogens is 1. The molecule has 24 heavy (non-hydrogen) atoms. The van der Waals surface area contributed by atoms with E-state index in [4.69, 9.17) is 21.1 Å². The number of rotatable bonds is 6. The van der Waals surface area contributed by atoms with Gasteiger partial charge in [0, 0.05) is 18.0 Å². The van der Waals surface area contributed by atoms with Gasteiger partial charge >= 0.3 is 0 Å². The molecule has 2 aromatic rings. The molecular formula is C18H24ClN3O2. The lowest BCUT2D eigenvalue weighted by molar-refractivity contribution is 0.176. The molecule has 1 aromatic heterocycles. The van der Waals surface area contributed by atoms with Crippen molar-refractivity contribution in [2.45, 2.75) is 26.2 Å². The molecule has 0 saturated carbocycles. The lowest BCUT2D eigenvalue weighted by Crippen LogP contribution is -2.34. The summed E-state index contributed by atoms with van der Waals surface area (Å²) in [7, 11) is 1.63. The maximum Gasteiger partial charge on any atom is 0.163 e. The largest absolute Gasteiger partial charge is 0.493 e. The molecule has 1 fully saturated rings. The van der Waals surface area contributed by atoms with Crippen LogP contribution in [0.3, 0.4) is 0 Å². The molecule has 1 saturated heterocycles. The van der Waals surface area contributed by atoms with Crippen molar-refractivity contribution in [2.24, 2.45) is 5.92 Å². The molecule has 1 aliphatic heterocycles. The van der Waals surface area contributed by atoms with Crippen LogP contribution < -0.4 is 9.47 Å². The Hall–Kier alpha value is -1.59. The molecule has 0 bridgehead atoms. The second kappa shape index (κ2) is 7.99. The normalized spacial score (nSPS) is 16.5. The lowest BCUT2D eigenvalue weighted by Gasteiger charge is -2.30. The van der Waals surface area contributed by atoms with Crippen LogP contribution in [0.4, 0.5) is 0 Å². The lowest BCUT2D eigenvalue weighted by atomic mass is 9.99. The highest BCUT2D eigenvalue weighted by Gasteiger charge is 2.15. The number of aromatic nitrogens is 2. The van der Waals surface area contributed by atoms with Crippen LogP contribution in [0.25, 0.3) is 10.9 Å². The summed E-state index contributed by atoms with van der Waals surface area (Å²) in [6, 6.07) is 3.70. The Morgan fingerprint density at radius 3 is 2.75 bits per heavy atom. The van der Waals surface area contributed by atoms with Gasteiger partial charge in [-0.25, -0.2) is 9.97 Å². The predicted molar refractivity (Wildman–Crippen MR) is 96.1 cm³/mol. The molecule has 0 spiro atoms. The molecule has 0 N–H and O–H groups in total. The Morgan fingerprint density at radius 2 is 2.00 bits per heavy atom. The zero-order valence-electron chi connectivity index (χ0n) is 14.3. The summed E-state index contributed by atoms with van der Waals surface area (Å²) in [6.07, 6.45) is 5.07. The minimum Gasteiger partial charge on any atom is -0.493 e. The van der Waals surface area contributed by atoms with Crippen molar-refractivity contribution in [1.29, 1.82) is 0 Å². The number of likely N-dealkylation sites (tertiary alicyclic amines) is 1. The van der Waals surface area contributed by atoms with Gasteiger partial charge in [-0.05, 0) is 44.3 Å². The maximum absolute atomic E-state index is 6.11. The minimum absolute atomic E-state index is 0.421. The Labute approximate surface area is 147 Å². The molecule has 0 radical (unpaired) electrons. The number of hydrogen-bond acceptors (Lipinski definition) is 5. The van der Waals surface area contributed by atoms with Gasteiger partial charge in [-0.15, -0.1) is 0 Å². The summed E-state index contributed by atoms with van der Waals surface area (Å²) < 4.78 is 11.4. The van der Waals surface area contributed by atoms with Gasteiger partial charge < -0.3 is 14.4 Å². The highest BCUT2D eigenvalue weighted by Crippen LogP contribution is 2.33. The van der Waals surface area contributed by atoms with Crippen molar-refractivity contribution < 1.29 is 9.47 Å². The number of fused-ring (bicyclic) bond motifs is 1. The summed E-state index contributed by atoms with van der Waals surface area (Å²) in [4.78, 5) is 10.8. The Bertz CT molecular complexity index is 687. The highest BCUT2D eigenvalue weighted by molar-refractivity contribution is 6.34. The second-order valence-corrected chi connectivity index (χ2v) is 6.77. The van der Waals surface area contributed by atoms with E-state index in [-0.39, 0.29) is 0 Å². The van der Waals surface area contributed by atoms with Crippen molar-refractivity contribution in [3.63, 3.8) is 0 Å². The molecule has 0 amide bonds. The number of hydrogen-bond donors (Lipinski definition) is 0. The third-order valence-electron chi connectivity index (χ3n) is 4.62. The second-order valence-electron chi connectivity index (χ2n) is 6.41. The molecule has 5 nitrogen and oxygen atoms in total. The number of piperidine rings is 1. The SMILES string of the molecule is COc1cc2c(Cl)ncnc2cc1OCCCN1CCC(C)CC1. The molecule has 6 heteroatoms. The third-order valence-corrected chi connectivity index (χ3v) is 4.93. The van der Waals surface area contributed by atoms with E-state index in [1.807, 2.05) is 12.1 Å². The fourth-order valence-electron chi connectivity index (χ4n) is 3.06. The first-order valence-corrected chi connectivity index (χ1v) is 8.88. The van der Waals surface area contributed by atoms with E-state index in [1.54, 1.807) is 7.11 Å². The van der Waals surface area contributed by atoms with Crippen LogP contribution in [0.1, 0.15) is 26.2 Å². The van der Waals surface area contributed by atoms with E-state index >= 15 is 0 Å². The summed E-state index contributed by atoms with van der Waals surface area (Å²) in [5.74, 6) is 2.23. The fourth-order valence-corrected chi connectivity index (χ4v) is 3.26. The first-order chi connectivity index (χ1) is 11.7. The van der Waals surface area contributed by atoms with Crippen LogP contribution in [0.2, 0.25) is 5.15 Å². The van der Waals surface area contributed by atoms with Gasteiger partial charge in [0.1, 0.15) is 11.5 Å². The van der Waals surface area contributed by atoms with Gasteiger partial charge in [0.2, 0.25) is 0 Å². The monoisotopic (exact) mass is 349 g/mol. The molecule has 0 aliphatic carbocycles. The number of methoxy groups -OCH3 is 1. The third kappa shape index (κ3) is 4.08. The first-order valence-electron chi connectivity index (χ1n) is 8.50. The molecule has 3 rings (SSSR count). The van der Waals surface area contributed by atoms with Crippen molar-refractivity contribution in [3.05, 3.63) is 23.6 Å². The maximum atomic E-state index is 6.11. The van der Waals surface area contributed by atoms with Gasteiger partial charge in [-0.2, -0.15) is 0 Å². The number of benzene rings is 1. The van der Waals surface area contributed by atoms with Crippen LogP contribution in [0.5, 0.6) is 11.5 Å². The number of ether oxygens (including phenoxy) is 2. The van der Waals surface area contributed by atoms with Crippen LogP contribution in [0, 0.1) is 5.92 Å². The summed E-state index contributed by atoms with van der Waals surface area (Å²) in [5.41, 5.74) is 0.760. The van der Waals surface area contributed by atoms with E-state index in [0.717, 1.165) is 29.8 Å². The summed E-state index contributed by atoms with van der Waals surface area (Å²) >= 11 is 6.11.